The molecule has 20 heavy (non-hydrogen) atoms. The summed E-state index contributed by atoms with van der Waals surface area (Å²) >= 11 is 0. The summed E-state index contributed by atoms with van der Waals surface area (Å²) in [6.45, 7) is 3.80. The molecule has 112 valence electrons. The third kappa shape index (κ3) is 4.94. The molecule has 0 unspecified atom stereocenters. The molecular weight excluding hydrogens is 295 g/mol. The molecule has 1 N–H and O–H groups in total. The lowest BCUT2D eigenvalue weighted by atomic mass is 10.2. The fraction of sp³-hybridized carbons (Fsp3) is 0.357. The third-order valence-electron chi connectivity index (χ3n) is 2.91. The number of nitrogens with zero attached hydrogens (tertiary/aromatic N) is 3. The normalized spacial score (nSPS) is 9.35. The standard InChI is InChI=1S/C14H20N4.2ClH/c1-4-18-11-13(10-16-18)15-9-12-5-7-14(8-6-12)17(2)3;;/h5-8,10-11,15H,4,9H2,1-3H3;2*1H. The van der Waals surface area contributed by atoms with Gasteiger partial charge in [0.25, 0.3) is 0 Å². The Hall–Kier alpha value is -1.39. The van der Waals surface area contributed by atoms with Crippen LogP contribution in [0, 0.1) is 0 Å². The Balaban J connectivity index is 0.00000180. The Morgan fingerprint density at radius 3 is 2.30 bits per heavy atom. The van der Waals surface area contributed by atoms with E-state index < -0.39 is 0 Å². The van der Waals surface area contributed by atoms with Crippen molar-refractivity contribution >= 4 is 36.2 Å². The molecule has 0 radical (unpaired) electrons. The second-order valence-corrected chi connectivity index (χ2v) is 4.50. The van der Waals surface area contributed by atoms with Crippen molar-refractivity contribution in [2.45, 2.75) is 20.0 Å². The smallest absolute Gasteiger partial charge is 0.0729 e. The van der Waals surface area contributed by atoms with Crippen LogP contribution in [0.4, 0.5) is 11.4 Å². The quantitative estimate of drug-likeness (QED) is 0.917. The van der Waals surface area contributed by atoms with Gasteiger partial charge in [0.15, 0.2) is 0 Å². The fourth-order valence-electron chi connectivity index (χ4n) is 1.74. The minimum Gasteiger partial charge on any atom is -0.378 e. The molecule has 4 nitrogen and oxygen atoms in total. The van der Waals surface area contributed by atoms with Crippen molar-refractivity contribution in [2.75, 3.05) is 24.3 Å². The molecule has 6 heteroatoms. The van der Waals surface area contributed by atoms with Crippen molar-refractivity contribution in [1.82, 2.24) is 9.78 Å². The molecular formula is C14H22Cl2N4. The van der Waals surface area contributed by atoms with Gasteiger partial charge in [-0.05, 0) is 24.6 Å². The lowest BCUT2D eigenvalue weighted by Gasteiger charge is -2.12. The molecule has 1 heterocycles. The van der Waals surface area contributed by atoms with E-state index in [0.29, 0.717) is 0 Å². The van der Waals surface area contributed by atoms with Crippen molar-refractivity contribution in [1.29, 1.82) is 0 Å². The van der Waals surface area contributed by atoms with Crippen molar-refractivity contribution < 1.29 is 0 Å². The number of benzene rings is 1. The first-order valence-corrected chi connectivity index (χ1v) is 6.21. The molecule has 0 bridgehead atoms. The highest BCUT2D eigenvalue weighted by molar-refractivity contribution is 5.85. The van der Waals surface area contributed by atoms with Crippen LogP contribution in [0.2, 0.25) is 0 Å². The summed E-state index contributed by atoms with van der Waals surface area (Å²) in [4.78, 5) is 2.10. The molecule has 0 saturated heterocycles. The zero-order chi connectivity index (χ0) is 13.0. The lowest BCUT2D eigenvalue weighted by Crippen LogP contribution is -2.08. The molecule has 0 saturated carbocycles. The summed E-state index contributed by atoms with van der Waals surface area (Å²) in [5, 5.41) is 7.60. The van der Waals surface area contributed by atoms with Crippen LogP contribution in [0.25, 0.3) is 0 Å². The number of aromatic nitrogens is 2. The summed E-state index contributed by atoms with van der Waals surface area (Å²) in [6, 6.07) is 8.55. The maximum Gasteiger partial charge on any atom is 0.0729 e. The molecule has 0 fully saturated rings. The van der Waals surface area contributed by atoms with Crippen molar-refractivity contribution in [3.63, 3.8) is 0 Å². The van der Waals surface area contributed by atoms with Gasteiger partial charge in [0.1, 0.15) is 0 Å². The van der Waals surface area contributed by atoms with Crippen LogP contribution in [-0.2, 0) is 13.1 Å². The van der Waals surface area contributed by atoms with Crippen LogP contribution in [0.5, 0.6) is 0 Å². The Kier molecular flexibility index (Phi) is 8.11. The fourth-order valence-corrected chi connectivity index (χ4v) is 1.74. The first-order chi connectivity index (χ1) is 8.69. The first kappa shape index (κ1) is 18.6. The van der Waals surface area contributed by atoms with Crippen LogP contribution < -0.4 is 10.2 Å². The zero-order valence-electron chi connectivity index (χ0n) is 12.0. The molecule has 1 aromatic carbocycles. The van der Waals surface area contributed by atoms with Gasteiger partial charge >= 0.3 is 0 Å². The first-order valence-electron chi connectivity index (χ1n) is 6.21. The zero-order valence-corrected chi connectivity index (χ0v) is 13.7. The van der Waals surface area contributed by atoms with E-state index in [9.17, 15) is 0 Å². The Morgan fingerprint density at radius 1 is 1.15 bits per heavy atom. The van der Waals surface area contributed by atoms with E-state index in [-0.39, 0.29) is 24.8 Å². The molecule has 1 aromatic heterocycles. The van der Waals surface area contributed by atoms with E-state index >= 15 is 0 Å². The van der Waals surface area contributed by atoms with Crippen LogP contribution in [0.15, 0.2) is 36.7 Å². The van der Waals surface area contributed by atoms with Crippen molar-refractivity contribution in [2.24, 2.45) is 0 Å². The Labute approximate surface area is 133 Å². The van der Waals surface area contributed by atoms with Gasteiger partial charge in [-0.2, -0.15) is 5.10 Å². The van der Waals surface area contributed by atoms with Crippen LogP contribution >= 0.6 is 24.8 Å². The monoisotopic (exact) mass is 316 g/mol. The van der Waals surface area contributed by atoms with E-state index in [2.05, 4.69) is 46.5 Å². The van der Waals surface area contributed by atoms with E-state index in [0.717, 1.165) is 18.8 Å². The average Bonchev–Trinajstić information content (AvgIpc) is 2.85. The predicted molar refractivity (Wildman–Crippen MR) is 90.5 cm³/mol. The number of hydrogen-bond acceptors (Lipinski definition) is 3. The SMILES string of the molecule is CCn1cc(NCc2ccc(N(C)C)cc2)cn1.Cl.Cl. The van der Waals surface area contributed by atoms with Gasteiger partial charge in [-0.1, -0.05) is 12.1 Å². The summed E-state index contributed by atoms with van der Waals surface area (Å²) < 4.78 is 1.91. The van der Waals surface area contributed by atoms with E-state index in [1.807, 2.05) is 31.2 Å². The molecule has 0 aliphatic heterocycles. The topological polar surface area (TPSA) is 33.1 Å². The lowest BCUT2D eigenvalue weighted by molar-refractivity contribution is 0.660. The highest BCUT2D eigenvalue weighted by Gasteiger charge is 1.98. The van der Waals surface area contributed by atoms with Gasteiger partial charge < -0.3 is 10.2 Å². The second kappa shape index (κ2) is 8.72. The average molecular weight is 317 g/mol. The van der Waals surface area contributed by atoms with Gasteiger partial charge in [-0.15, -0.1) is 24.8 Å². The third-order valence-corrected chi connectivity index (χ3v) is 2.91. The number of nitrogens with one attached hydrogen (secondary N) is 1. The van der Waals surface area contributed by atoms with Gasteiger partial charge in [-0.3, -0.25) is 4.68 Å². The molecule has 0 spiro atoms. The molecule has 0 aliphatic rings. The number of anilines is 2. The predicted octanol–water partition coefficient (Wildman–Crippen LogP) is 3.42. The van der Waals surface area contributed by atoms with Crippen LogP contribution in [0.1, 0.15) is 12.5 Å². The maximum absolute atomic E-state index is 4.23. The summed E-state index contributed by atoms with van der Waals surface area (Å²) in [6.07, 6.45) is 3.88. The number of aryl methyl sites for hydroxylation is 1. The molecule has 0 aliphatic carbocycles. The van der Waals surface area contributed by atoms with E-state index in [1.54, 1.807) is 0 Å². The molecule has 2 rings (SSSR count). The number of rotatable bonds is 5. The van der Waals surface area contributed by atoms with Crippen molar-refractivity contribution in [3.05, 3.63) is 42.2 Å². The Bertz CT molecular complexity index is 494. The second-order valence-electron chi connectivity index (χ2n) is 4.50. The van der Waals surface area contributed by atoms with Crippen LogP contribution in [0.3, 0.4) is 0 Å². The number of hydrogen-bond donors (Lipinski definition) is 1. The van der Waals surface area contributed by atoms with Gasteiger partial charge in [0.2, 0.25) is 0 Å². The minimum absolute atomic E-state index is 0. The summed E-state index contributed by atoms with van der Waals surface area (Å²) in [5.74, 6) is 0. The van der Waals surface area contributed by atoms with Gasteiger partial charge in [0, 0.05) is 39.1 Å². The Morgan fingerprint density at radius 2 is 1.80 bits per heavy atom. The maximum atomic E-state index is 4.23. The number of halogens is 2. The summed E-state index contributed by atoms with van der Waals surface area (Å²) in [5.41, 5.74) is 3.55. The van der Waals surface area contributed by atoms with Crippen molar-refractivity contribution in [3.8, 4) is 0 Å². The molecule has 0 atom stereocenters. The van der Waals surface area contributed by atoms with Gasteiger partial charge in [-0.25, -0.2) is 0 Å². The van der Waals surface area contributed by atoms with E-state index in [4.69, 9.17) is 0 Å². The highest BCUT2D eigenvalue weighted by atomic mass is 35.5. The largest absolute Gasteiger partial charge is 0.378 e. The molecule has 0 amide bonds. The minimum atomic E-state index is 0. The molecule has 2 aromatic rings. The summed E-state index contributed by atoms with van der Waals surface area (Å²) in [7, 11) is 4.10. The van der Waals surface area contributed by atoms with Crippen LogP contribution in [-0.4, -0.2) is 23.9 Å². The highest BCUT2D eigenvalue weighted by Crippen LogP contribution is 2.13. The van der Waals surface area contributed by atoms with Gasteiger partial charge in [0.05, 0.1) is 11.9 Å². The van der Waals surface area contributed by atoms with E-state index in [1.165, 1.54) is 11.3 Å².